The number of benzene rings is 1. The van der Waals surface area contributed by atoms with Crippen LogP contribution in [0.3, 0.4) is 0 Å². The Morgan fingerprint density at radius 1 is 1.55 bits per heavy atom. The molecule has 1 rings (SSSR count). The quantitative estimate of drug-likeness (QED) is 0.612. The second-order valence-corrected chi connectivity index (χ2v) is 5.65. The van der Waals surface area contributed by atoms with E-state index in [1.807, 2.05) is 6.92 Å². The number of hydrogen-bond acceptors (Lipinski definition) is 4. The third kappa shape index (κ3) is 4.90. The van der Waals surface area contributed by atoms with Crippen LogP contribution in [-0.4, -0.2) is 16.9 Å². The number of nitrogens with one attached hydrogen (secondary N) is 1. The Bertz CT molecular complexity index is 518. The lowest BCUT2D eigenvalue weighted by Crippen LogP contribution is -2.17. The zero-order valence-corrected chi connectivity index (χ0v) is 13.1. The first-order valence-electron chi connectivity index (χ1n) is 6.31. The highest BCUT2D eigenvalue weighted by atomic mass is 79.9. The number of carbonyl (C=O) groups is 1. The van der Waals surface area contributed by atoms with Crippen molar-refractivity contribution in [1.82, 2.24) is 0 Å². The summed E-state index contributed by atoms with van der Waals surface area (Å²) in [5.41, 5.74) is 6.55. The molecule has 1 aromatic rings. The maximum Gasteiger partial charge on any atom is 0.274 e. The fraction of sp³-hybridized carbons (Fsp3) is 0.462. The number of halogens is 1. The predicted molar refractivity (Wildman–Crippen MR) is 81.7 cm³/mol. The molecule has 1 atom stereocenters. The predicted octanol–water partition coefficient (Wildman–Crippen LogP) is 3.12. The maximum atomic E-state index is 11.8. The third-order valence-corrected chi connectivity index (χ3v) is 3.48. The van der Waals surface area contributed by atoms with E-state index in [4.69, 9.17) is 5.73 Å². The molecule has 0 heterocycles. The minimum atomic E-state index is -0.465. The molecule has 1 unspecified atom stereocenters. The molecule has 6 nitrogen and oxygen atoms in total. The molecular weight excluding hydrogens is 326 g/mol. The van der Waals surface area contributed by atoms with Crippen molar-refractivity contribution in [2.75, 3.05) is 5.32 Å². The van der Waals surface area contributed by atoms with Gasteiger partial charge in [0.15, 0.2) is 0 Å². The van der Waals surface area contributed by atoms with E-state index in [0.29, 0.717) is 28.6 Å². The minimum absolute atomic E-state index is 0.0147. The van der Waals surface area contributed by atoms with Crippen molar-refractivity contribution < 1.29 is 9.72 Å². The number of aryl methyl sites for hydroxylation is 1. The van der Waals surface area contributed by atoms with Crippen LogP contribution in [0.25, 0.3) is 0 Å². The van der Waals surface area contributed by atoms with Crippen LogP contribution in [0.1, 0.15) is 31.7 Å². The second kappa shape index (κ2) is 7.35. The Morgan fingerprint density at radius 2 is 2.20 bits per heavy atom. The number of nitrogens with two attached hydrogens (primary N) is 1. The fourth-order valence-corrected chi connectivity index (χ4v) is 2.31. The first-order valence-corrected chi connectivity index (χ1v) is 7.10. The average Bonchev–Trinajstić information content (AvgIpc) is 2.31. The molecule has 110 valence electrons. The highest BCUT2D eigenvalue weighted by molar-refractivity contribution is 9.10. The lowest BCUT2D eigenvalue weighted by molar-refractivity contribution is -0.385. The Balaban J connectivity index is 2.74. The van der Waals surface area contributed by atoms with Gasteiger partial charge in [0.1, 0.15) is 0 Å². The summed E-state index contributed by atoms with van der Waals surface area (Å²) < 4.78 is 0.626. The Hall–Kier alpha value is -1.47. The van der Waals surface area contributed by atoms with E-state index >= 15 is 0 Å². The monoisotopic (exact) mass is 343 g/mol. The molecule has 1 aromatic carbocycles. The molecule has 0 saturated carbocycles. The van der Waals surface area contributed by atoms with Crippen molar-refractivity contribution in [3.8, 4) is 0 Å². The summed E-state index contributed by atoms with van der Waals surface area (Å²) in [5, 5.41) is 13.6. The number of hydrogen-bond donors (Lipinski definition) is 2. The van der Waals surface area contributed by atoms with Crippen LogP contribution in [0.2, 0.25) is 0 Å². The van der Waals surface area contributed by atoms with Gasteiger partial charge in [-0.05, 0) is 48.7 Å². The zero-order chi connectivity index (χ0) is 15.3. The molecule has 7 heteroatoms. The Morgan fingerprint density at radius 3 is 2.75 bits per heavy atom. The smallest absolute Gasteiger partial charge is 0.274 e. The van der Waals surface area contributed by atoms with E-state index < -0.39 is 4.92 Å². The van der Waals surface area contributed by atoms with Crippen LogP contribution in [0, 0.1) is 17.0 Å². The van der Waals surface area contributed by atoms with Crippen LogP contribution in [-0.2, 0) is 4.79 Å². The normalized spacial score (nSPS) is 12.0. The van der Waals surface area contributed by atoms with E-state index in [0.717, 1.165) is 6.42 Å². The van der Waals surface area contributed by atoms with Crippen molar-refractivity contribution in [3.63, 3.8) is 0 Å². The van der Waals surface area contributed by atoms with Crippen molar-refractivity contribution >= 4 is 33.2 Å². The molecule has 0 aliphatic carbocycles. The van der Waals surface area contributed by atoms with Gasteiger partial charge in [0.2, 0.25) is 5.91 Å². The molecule has 1 amide bonds. The SMILES string of the molecule is Cc1cc(Br)c(NC(=O)CCCC(C)N)cc1[N+](=O)[O-]. The van der Waals surface area contributed by atoms with E-state index in [1.54, 1.807) is 13.0 Å². The van der Waals surface area contributed by atoms with Crippen molar-refractivity contribution in [2.24, 2.45) is 5.73 Å². The number of anilines is 1. The minimum Gasteiger partial charge on any atom is -0.328 e. The second-order valence-electron chi connectivity index (χ2n) is 4.79. The number of carbonyl (C=O) groups excluding carboxylic acids is 1. The number of nitro benzene ring substituents is 1. The lowest BCUT2D eigenvalue weighted by Gasteiger charge is -2.09. The summed E-state index contributed by atoms with van der Waals surface area (Å²) in [5.74, 6) is -0.176. The van der Waals surface area contributed by atoms with Gasteiger partial charge in [0.05, 0.1) is 10.6 Å². The fourth-order valence-electron chi connectivity index (χ4n) is 1.75. The van der Waals surface area contributed by atoms with Gasteiger partial charge in [-0.25, -0.2) is 0 Å². The highest BCUT2D eigenvalue weighted by Gasteiger charge is 2.15. The van der Waals surface area contributed by atoms with Gasteiger partial charge in [-0.1, -0.05) is 0 Å². The van der Waals surface area contributed by atoms with E-state index in [9.17, 15) is 14.9 Å². The zero-order valence-electron chi connectivity index (χ0n) is 11.5. The Kier molecular flexibility index (Phi) is 6.09. The maximum absolute atomic E-state index is 11.8. The molecule has 0 spiro atoms. The van der Waals surface area contributed by atoms with Gasteiger partial charge in [0.25, 0.3) is 5.69 Å². The third-order valence-electron chi connectivity index (χ3n) is 2.82. The van der Waals surface area contributed by atoms with Crippen molar-refractivity contribution in [1.29, 1.82) is 0 Å². The average molecular weight is 344 g/mol. The summed E-state index contributed by atoms with van der Waals surface area (Å²) in [6.45, 7) is 3.54. The van der Waals surface area contributed by atoms with E-state index in [-0.39, 0.29) is 17.6 Å². The molecule has 0 saturated heterocycles. The van der Waals surface area contributed by atoms with E-state index in [2.05, 4.69) is 21.2 Å². The largest absolute Gasteiger partial charge is 0.328 e. The van der Waals surface area contributed by atoms with Gasteiger partial charge in [-0.2, -0.15) is 0 Å². The molecule has 20 heavy (non-hydrogen) atoms. The number of rotatable bonds is 6. The molecule has 3 N–H and O–H groups in total. The summed E-state index contributed by atoms with van der Waals surface area (Å²) in [6, 6.07) is 3.05. The van der Waals surface area contributed by atoms with Crippen molar-refractivity contribution in [2.45, 2.75) is 39.2 Å². The van der Waals surface area contributed by atoms with Gasteiger partial charge >= 0.3 is 0 Å². The van der Waals surface area contributed by atoms with Crippen LogP contribution in [0.15, 0.2) is 16.6 Å². The standard InChI is InChI=1S/C13H18BrN3O3/c1-8-6-10(14)11(7-12(8)17(19)20)16-13(18)5-3-4-9(2)15/h6-7,9H,3-5,15H2,1-2H3,(H,16,18). The summed E-state index contributed by atoms with van der Waals surface area (Å²) in [7, 11) is 0. The van der Waals surface area contributed by atoms with E-state index in [1.165, 1.54) is 6.07 Å². The molecule has 0 aliphatic rings. The summed E-state index contributed by atoms with van der Waals surface area (Å²) in [6.07, 6.45) is 1.80. The summed E-state index contributed by atoms with van der Waals surface area (Å²) >= 11 is 3.29. The van der Waals surface area contributed by atoms with Crippen molar-refractivity contribution in [3.05, 3.63) is 32.3 Å². The van der Waals surface area contributed by atoms with Crippen LogP contribution in [0.5, 0.6) is 0 Å². The van der Waals surface area contributed by atoms with Gasteiger partial charge in [0, 0.05) is 28.6 Å². The molecule has 0 bridgehead atoms. The topological polar surface area (TPSA) is 98.3 Å². The van der Waals surface area contributed by atoms with Gasteiger partial charge in [-0.3, -0.25) is 14.9 Å². The molecule has 0 aromatic heterocycles. The Labute approximate surface area is 126 Å². The number of nitro groups is 1. The van der Waals surface area contributed by atoms with Crippen LogP contribution in [0.4, 0.5) is 11.4 Å². The first kappa shape index (κ1) is 16.6. The van der Waals surface area contributed by atoms with Crippen LogP contribution < -0.4 is 11.1 Å². The molecule has 0 fully saturated rings. The van der Waals surface area contributed by atoms with Gasteiger partial charge in [-0.15, -0.1) is 0 Å². The van der Waals surface area contributed by atoms with Gasteiger partial charge < -0.3 is 11.1 Å². The first-order chi connectivity index (χ1) is 9.31. The highest BCUT2D eigenvalue weighted by Crippen LogP contribution is 2.30. The molecule has 0 radical (unpaired) electrons. The number of nitrogens with zero attached hydrogens (tertiary/aromatic N) is 1. The molecular formula is C13H18BrN3O3. The summed E-state index contributed by atoms with van der Waals surface area (Å²) in [4.78, 5) is 22.2. The molecule has 0 aliphatic heterocycles. The van der Waals surface area contributed by atoms with Crippen LogP contribution >= 0.6 is 15.9 Å². The lowest BCUT2D eigenvalue weighted by atomic mass is 10.1. The number of amides is 1.